The van der Waals surface area contributed by atoms with E-state index in [1.165, 1.54) is 24.0 Å². The Morgan fingerprint density at radius 3 is 2.85 bits per heavy atom. The molecule has 140 valence electrons. The summed E-state index contributed by atoms with van der Waals surface area (Å²) in [6, 6.07) is 17.3. The summed E-state index contributed by atoms with van der Waals surface area (Å²) in [7, 11) is 1.73. The predicted octanol–water partition coefficient (Wildman–Crippen LogP) is 3.34. The first kappa shape index (κ1) is 17.7. The van der Waals surface area contributed by atoms with Crippen LogP contribution in [0.3, 0.4) is 0 Å². The van der Waals surface area contributed by atoms with Gasteiger partial charge in [-0.25, -0.2) is 4.68 Å². The summed E-state index contributed by atoms with van der Waals surface area (Å²) in [4.78, 5) is 0. The Morgan fingerprint density at radius 1 is 1.19 bits per heavy atom. The molecule has 0 spiro atoms. The molecule has 6 nitrogen and oxygen atoms in total. The molecule has 1 aromatic heterocycles. The van der Waals surface area contributed by atoms with Gasteiger partial charge in [0.25, 0.3) is 0 Å². The van der Waals surface area contributed by atoms with E-state index in [4.69, 9.17) is 4.74 Å². The van der Waals surface area contributed by atoms with Crippen molar-refractivity contribution in [1.82, 2.24) is 25.5 Å². The highest BCUT2D eigenvalue weighted by atomic mass is 16.5. The summed E-state index contributed by atoms with van der Waals surface area (Å²) in [5.74, 6) is 1.54. The Kier molecular flexibility index (Phi) is 5.44. The summed E-state index contributed by atoms with van der Waals surface area (Å²) >= 11 is 0. The third kappa shape index (κ3) is 4.01. The number of benzene rings is 2. The van der Waals surface area contributed by atoms with Gasteiger partial charge in [-0.2, -0.15) is 0 Å². The first-order valence-electron chi connectivity index (χ1n) is 9.54. The molecule has 2 atom stereocenters. The van der Waals surface area contributed by atoms with Crippen LogP contribution >= 0.6 is 0 Å². The largest absolute Gasteiger partial charge is 0.496 e. The standard InChI is InChI=1S/C21H25N5O/c1-27-20-12-11-19(26-15-23-24-25-26)14-18(20)10-9-17-8-5-13-22-21(17)16-6-3-2-4-7-16/h2-4,6-7,11-12,14-15,17,21-22H,5,8-10,13H2,1H3/t17-,21+/m1/s1. The van der Waals surface area contributed by atoms with Crippen molar-refractivity contribution in [3.63, 3.8) is 0 Å². The molecule has 1 aliphatic heterocycles. The summed E-state index contributed by atoms with van der Waals surface area (Å²) in [6.45, 7) is 1.09. The lowest BCUT2D eigenvalue weighted by Crippen LogP contribution is -2.34. The molecule has 0 aliphatic carbocycles. The monoisotopic (exact) mass is 363 g/mol. The van der Waals surface area contributed by atoms with E-state index in [1.54, 1.807) is 18.1 Å². The van der Waals surface area contributed by atoms with Gasteiger partial charge in [-0.1, -0.05) is 30.3 Å². The maximum atomic E-state index is 5.59. The van der Waals surface area contributed by atoms with Gasteiger partial charge >= 0.3 is 0 Å². The summed E-state index contributed by atoms with van der Waals surface area (Å²) in [5.41, 5.74) is 3.54. The normalized spacial score (nSPS) is 19.7. The lowest BCUT2D eigenvalue weighted by atomic mass is 9.82. The van der Waals surface area contributed by atoms with E-state index in [9.17, 15) is 0 Å². The van der Waals surface area contributed by atoms with Crippen molar-refractivity contribution in [2.24, 2.45) is 5.92 Å². The third-order valence-corrected chi connectivity index (χ3v) is 5.41. The second-order valence-corrected chi connectivity index (χ2v) is 7.03. The quantitative estimate of drug-likeness (QED) is 0.728. The number of ether oxygens (including phenoxy) is 1. The Morgan fingerprint density at radius 2 is 2.07 bits per heavy atom. The van der Waals surface area contributed by atoms with Crippen molar-refractivity contribution in [2.45, 2.75) is 31.7 Å². The average molecular weight is 363 g/mol. The molecule has 0 radical (unpaired) electrons. The third-order valence-electron chi connectivity index (χ3n) is 5.41. The molecule has 2 heterocycles. The molecule has 1 fully saturated rings. The van der Waals surface area contributed by atoms with Gasteiger partial charge in [0.2, 0.25) is 0 Å². The van der Waals surface area contributed by atoms with Crippen LogP contribution in [0.4, 0.5) is 0 Å². The van der Waals surface area contributed by atoms with Crippen molar-refractivity contribution < 1.29 is 4.74 Å². The van der Waals surface area contributed by atoms with Crippen molar-refractivity contribution in [1.29, 1.82) is 0 Å². The Balaban J connectivity index is 1.52. The molecule has 2 aromatic carbocycles. The van der Waals surface area contributed by atoms with Crippen molar-refractivity contribution >= 4 is 0 Å². The molecular weight excluding hydrogens is 338 g/mol. The molecule has 0 unspecified atom stereocenters. The number of aromatic nitrogens is 4. The SMILES string of the molecule is COc1ccc(-n2cnnn2)cc1CC[C@H]1CCCN[C@H]1c1ccccc1. The highest BCUT2D eigenvalue weighted by Gasteiger charge is 2.26. The lowest BCUT2D eigenvalue weighted by Gasteiger charge is -2.33. The fourth-order valence-electron chi connectivity index (χ4n) is 4.04. The van der Waals surface area contributed by atoms with E-state index < -0.39 is 0 Å². The van der Waals surface area contributed by atoms with E-state index in [2.05, 4.69) is 57.2 Å². The Bertz CT molecular complexity index is 850. The number of hydrogen-bond acceptors (Lipinski definition) is 5. The van der Waals surface area contributed by atoms with Crippen LogP contribution in [0, 0.1) is 5.92 Å². The summed E-state index contributed by atoms with van der Waals surface area (Å²) < 4.78 is 7.27. The second kappa shape index (κ2) is 8.31. The van der Waals surface area contributed by atoms with Gasteiger partial charge in [-0.3, -0.25) is 0 Å². The Labute approximate surface area is 159 Å². The van der Waals surface area contributed by atoms with E-state index in [1.807, 2.05) is 12.1 Å². The van der Waals surface area contributed by atoms with E-state index >= 15 is 0 Å². The lowest BCUT2D eigenvalue weighted by molar-refractivity contribution is 0.268. The van der Waals surface area contributed by atoms with Crippen LogP contribution < -0.4 is 10.1 Å². The molecule has 4 rings (SSSR count). The van der Waals surface area contributed by atoms with Crippen LogP contribution in [-0.2, 0) is 6.42 Å². The zero-order chi connectivity index (χ0) is 18.5. The maximum absolute atomic E-state index is 5.59. The van der Waals surface area contributed by atoms with Gasteiger partial charge in [0.15, 0.2) is 0 Å². The van der Waals surface area contributed by atoms with Crippen LogP contribution in [0.5, 0.6) is 5.75 Å². The van der Waals surface area contributed by atoms with Crippen LogP contribution in [0.25, 0.3) is 5.69 Å². The number of piperidine rings is 1. The highest BCUT2D eigenvalue weighted by Crippen LogP contribution is 2.34. The number of nitrogens with zero attached hydrogens (tertiary/aromatic N) is 4. The molecule has 0 bridgehead atoms. The molecule has 1 N–H and O–H groups in total. The van der Waals surface area contributed by atoms with Gasteiger partial charge < -0.3 is 10.1 Å². The first-order valence-corrected chi connectivity index (χ1v) is 9.54. The molecular formula is C21H25N5O. The first-order chi connectivity index (χ1) is 13.3. The predicted molar refractivity (Wildman–Crippen MR) is 104 cm³/mol. The van der Waals surface area contributed by atoms with E-state index in [0.29, 0.717) is 12.0 Å². The minimum absolute atomic E-state index is 0.425. The van der Waals surface area contributed by atoms with Gasteiger partial charge in [-0.05, 0) is 77.9 Å². The zero-order valence-electron chi connectivity index (χ0n) is 15.6. The number of methoxy groups -OCH3 is 1. The average Bonchev–Trinajstić information content (AvgIpc) is 3.28. The van der Waals surface area contributed by atoms with Crippen LogP contribution in [0.2, 0.25) is 0 Å². The minimum atomic E-state index is 0.425. The smallest absolute Gasteiger partial charge is 0.143 e. The van der Waals surface area contributed by atoms with E-state index in [0.717, 1.165) is 30.8 Å². The molecule has 1 saturated heterocycles. The van der Waals surface area contributed by atoms with Crippen molar-refractivity contribution in [2.75, 3.05) is 13.7 Å². The molecule has 0 amide bonds. The minimum Gasteiger partial charge on any atom is -0.496 e. The topological polar surface area (TPSA) is 64.9 Å². The number of rotatable bonds is 6. The molecule has 6 heteroatoms. The van der Waals surface area contributed by atoms with Crippen LogP contribution in [0.15, 0.2) is 54.9 Å². The van der Waals surface area contributed by atoms with E-state index in [-0.39, 0.29) is 0 Å². The summed E-state index contributed by atoms with van der Waals surface area (Å²) in [5, 5.41) is 15.2. The fourth-order valence-corrected chi connectivity index (χ4v) is 4.04. The van der Waals surface area contributed by atoms with Gasteiger partial charge in [-0.15, -0.1) is 5.10 Å². The van der Waals surface area contributed by atoms with Gasteiger partial charge in [0.1, 0.15) is 12.1 Å². The second-order valence-electron chi connectivity index (χ2n) is 7.03. The number of aryl methyl sites for hydroxylation is 1. The van der Waals surface area contributed by atoms with Crippen molar-refractivity contribution in [3.05, 3.63) is 66.0 Å². The molecule has 27 heavy (non-hydrogen) atoms. The van der Waals surface area contributed by atoms with Crippen molar-refractivity contribution in [3.8, 4) is 11.4 Å². The zero-order valence-corrected chi connectivity index (χ0v) is 15.6. The molecule has 0 saturated carbocycles. The van der Waals surface area contributed by atoms with Gasteiger partial charge in [0.05, 0.1) is 12.8 Å². The number of tetrazole rings is 1. The molecule has 3 aromatic rings. The summed E-state index contributed by atoms with van der Waals surface area (Å²) in [6.07, 6.45) is 6.18. The number of hydrogen-bond donors (Lipinski definition) is 1. The van der Waals surface area contributed by atoms with Crippen LogP contribution in [-0.4, -0.2) is 33.9 Å². The molecule has 1 aliphatic rings. The Hall–Kier alpha value is -2.73. The van der Waals surface area contributed by atoms with Crippen LogP contribution in [0.1, 0.15) is 36.4 Å². The fraction of sp³-hybridized carbons (Fsp3) is 0.381. The maximum Gasteiger partial charge on any atom is 0.143 e. The highest BCUT2D eigenvalue weighted by molar-refractivity contribution is 5.43. The number of nitrogens with one attached hydrogen (secondary N) is 1. The van der Waals surface area contributed by atoms with Gasteiger partial charge in [0, 0.05) is 6.04 Å².